The molecule has 0 aliphatic carbocycles. The summed E-state index contributed by atoms with van der Waals surface area (Å²) in [4.78, 5) is 11.8. The van der Waals surface area contributed by atoms with Crippen molar-refractivity contribution in [3.05, 3.63) is 64.7 Å². The van der Waals surface area contributed by atoms with Crippen LogP contribution >= 0.6 is 23.4 Å². The third-order valence-corrected chi connectivity index (χ3v) is 4.02. The summed E-state index contributed by atoms with van der Waals surface area (Å²) >= 11 is 7.54. The molecule has 2 aromatic rings. The van der Waals surface area contributed by atoms with Crippen molar-refractivity contribution in [3.8, 4) is 0 Å². The van der Waals surface area contributed by atoms with Gasteiger partial charge >= 0.3 is 5.97 Å². The Balaban J connectivity index is 2.13. The van der Waals surface area contributed by atoms with Gasteiger partial charge in [-0.3, -0.25) is 4.79 Å². The molecule has 2 nitrogen and oxygen atoms in total. The number of hydrogen-bond acceptors (Lipinski definition) is 2. The number of thioether (sulfide) groups is 1. The molecule has 0 aliphatic rings. The fourth-order valence-corrected chi connectivity index (χ4v) is 2.92. The fourth-order valence-electron chi connectivity index (χ4n) is 1.73. The third kappa shape index (κ3) is 4.30. The number of halogens is 1. The molecule has 1 N–H and O–H groups in total. The van der Waals surface area contributed by atoms with Crippen LogP contribution < -0.4 is 0 Å². The first kappa shape index (κ1) is 14.0. The van der Waals surface area contributed by atoms with E-state index in [1.165, 1.54) is 5.56 Å². The van der Waals surface area contributed by atoms with Gasteiger partial charge in [-0.1, -0.05) is 41.9 Å². The lowest BCUT2D eigenvalue weighted by molar-refractivity contribution is -0.136. The molecule has 0 saturated heterocycles. The second-order valence-electron chi connectivity index (χ2n) is 4.10. The first-order valence-corrected chi connectivity index (χ1v) is 7.18. The number of hydrogen-bond donors (Lipinski definition) is 1. The predicted octanol–water partition coefficient (Wildman–Crippen LogP) is 4.26. The van der Waals surface area contributed by atoms with Crippen LogP contribution in [0.3, 0.4) is 0 Å². The summed E-state index contributed by atoms with van der Waals surface area (Å²) in [6.45, 7) is 0. The average Bonchev–Trinajstić information content (AvgIpc) is 2.38. The molecule has 0 heterocycles. The zero-order chi connectivity index (χ0) is 13.7. The molecular formula is C15H13ClO2S. The Hall–Kier alpha value is -1.45. The quantitative estimate of drug-likeness (QED) is 0.837. The maximum atomic E-state index is 10.9. The molecule has 0 amide bonds. The summed E-state index contributed by atoms with van der Waals surface area (Å²) in [5, 5.41) is 9.48. The van der Waals surface area contributed by atoms with E-state index in [0.717, 1.165) is 16.2 Å². The van der Waals surface area contributed by atoms with E-state index in [0.29, 0.717) is 5.02 Å². The number of carboxylic acids is 1. The molecule has 0 aliphatic heterocycles. The van der Waals surface area contributed by atoms with Crippen LogP contribution in [0.25, 0.3) is 0 Å². The van der Waals surface area contributed by atoms with Crippen LogP contribution in [-0.4, -0.2) is 11.1 Å². The normalized spacial score (nSPS) is 10.4. The summed E-state index contributed by atoms with van der Waals surface area (Å²) in [7, 11) is 0. The Kier molecular flexibility index (Phi) is 4.88. The minimum atomic E-state index is -0.844. The molecule has 4 heteroatoms. The van der Waals surface area contributed by atoms with E-state index in [9.17, 15) is 4.79 Å². The summed E-state index contributed by atoms with van der Waals surface area (Å²) < 4.78 is 0. The second-order valence-corrected chi connectivity index (χ2v) is 5.55. The van der Waals surface area contributed by atoms with Crippen LogP contribution in [0.4, 0.5) is 0 Å². The van der Waals surface area contributed by atoms with Crippen LogP contribution in [0.1, 0.15) is 11.1 Å². The summed E-state index contributed by atoms with van der Waals surface area (Å²) in [6.07, 6.45) is -0.00230. The molecule has 0 spiro atoms. The molecule has 98 valence electrons. The molecule has 0 bridgehead atoms. The van der Waals surface area contributed by atoms with Crippen molar-refractivity contribution in [1.29, 1.82) is 0 Å². The third-order valence-electron chi connectivity index (χ3n) is 2.60. The molecule has 2 rings (SSSR count). The maximum absolute atomic E-state index is 10.9. The highest BCUT2D eigenvalue weighted by molar-refractivity contribution is 7.98. The van der Waals surface area contributed by atoms with Gasteiger partial charge in [0.2, 0.25) is 0 Å². The van der Waals surface area contributed by atoms with Gasteiger partial charge in [0.15, 0.2) is 0 Å². The molecule has 19 heavy (non-hydrogen) atoms. The molecule has 0 radical (unpaired) electrons. The minimum absolute atomic E-state index is 0.00230. The molecule has 0 aromatic heterocycles. The first-order valence-electron chi connectivity index (χ1n) is 5.82. The van der Waals surface area contributed by atoms with Gasteiger partial charge in [-0.25, -0.2) is 0 Å². The molecule has 2 aromatic carbocycles. The highest BCUT2D eigenvalue weighted by Crippen LogP contribution is 2.28. The topological polar surface area (TPSA) is 37.3 Å². The highest BCUT2D eigenvalue weighted by Gasteiger charge is 2.08. The molecule has 0 saturated carbocycles. The SMILES string of the molecule is O=C(O)Cc1cc(Cl)ccc1SCc1ccccc1. The Labute approximate surface area is 121 Å². The fraction of sp³-hybridized carbons (Fsp3) is 0.133. The van der Waals surface area contributed by atoms with Gasteiger partial charge in [0, 0.05) is 15.7 Å². The predicted molar refractivity (Wildman–Crippen MR) is 78.8 cm³/mol. The molecule has 0 fully saturated rings. The van der Waals surface area contributed by atoms with Crippen molar-refractivity contribution < 1.29 is 9.90 Å². The van der Waals surface area contributed by atoms with E-state index in [1.54, 1.807) is 23.9 Å². The van der Waals surface area contributed by atoms with Crippen LogP contribution in [0.15, 0.2) is 53.4 Å². The minimum Gasteiger partial charge on any atom is -0.481 e. The number of benzene rings is 2. The Morgan fingerprint density at radius 1 is 1.16 bits per heavy atom. The molecule has 0 atom stereocenters. The lowest BCUT2D eigenvalue weighted by Gasteiger charge is -2.08. The lowest BCUT2D eigenvalue weighted by atomic mass is 10.1. The lowest BCUT2D eigenvalue weighted by Crippen LogP contribution is -2.01. The zero-order valence-electron chi connectivity index (χ0n) is 10.2. The zero-order valence-corrected chi connectivity index (χ0v) is 11.7. The largest absolute Gasteiger partial charge is 0.481 e. The average molecular weight is 293 g/mol. The smallest absolute Gasteiger partial charge is 0.307 e. The van der Waals surface area contributed by atoms with Crippen LogP contribution in [0.5, 0.6) is 0 Å². The van der Waals surface area contributed by atoms with Crippen molar-refractivity contribution in [2.45, 2.75) is 17.1 Å². The van der Waals surface area contributed by atoms with E-state index in [4.69, 9.17) is 16.7 Å². The van der Waals surface area contributed by atoms with E-state index >= 15 is 0 Å². The summed E-state index contributed by atoms with van der Waals surface area (Å²) in [6, 6.07) is 15.5. The maximum Gasteiger partial charge on any atom is 0.307 e. The van der Waals surface area contributed by atoms with E-state index in [2.05, 4.69) is 12.1 Å². The second kappa shape index (κ2) is 6.64. The standard InChI is InChI=1S/C15H13ClO2S/c16-13-6-7-14(12(8-13)9-15(17)18)19-10-11-4-2-1-3-5-11/h1-8H,9-10H2,(H,17,18). The summed E-state index contributed by atoms with van der Waals surface area (Å²) in [5.41, 5.74) is 1.98. The number of carbonyl (C=O) groups is 1. The Bertz CT molecular complexity index is 570. The molecule has 0 unspecified atom stereocenters. The molecular weight excluding hydrogens is 280 g/mol. The van der Waals surface area contributed by atoms with Gasteiger partial charge in [0.1, 0.15) is 0 Å². The number of rotatable bonds is 5. The van der Waals surface area contributed by atoms with Crippen molar-refractivity contribution in [1.82, 2.24) is 0 Å². The van der Waals surface area contributed by atoms with Crippen LogP contribution in [-0.2, 0) is 17.0 Å². The van der Waals surface area contributed by atoms with Crippen LogP contribution in [0.2, 0.25) is 5.02 Å². The van der Waals surface area contributed by atoms with Gasteiger partial charge in [-0.2, -0.15) is 0 Å². The Morgan fingerprint density at radius 3 is 2.58 bits per heavy atom. The van der Waals surface area contributed by atoms with E-state index in [1.807, 2.05) is 24.3 Å². The van der Waals surface area contributed by atoms with Crippen molar-refractivity contribution in [2.75, 3.05) is 0 Å². The van der Waals surface area contributed by atoms with Crippen LogP contribution in [0, 0.1) is 0 Å². The monoisotopic (exact) mass is 292 g/mol. The van der Waals surface area contributed by atoms with E-state index in [-0.39, 0.29) is 6.42 Å². The van der Waals surface area contributed by atoms with Crippen molar-refractivity contribution in [2.24, 2.45) is 0 Å². The first-order chi connectivity index (χ1) is 9.15. The van der Waals surface area contributed by atoms with Gasteiger partial charge in [-0.15, -0.1) is 11.8 Å². The van der Waals surface area contributed by atoms with Gasteiger partial charge in [-0.05, 0) is 29.3 Å². The highest BCUT2D eigenvalue weighted by atomic mass is 35.5. The van der Waals surface area contributed by atoms with Crippen molar-refractivity contribution >= 4 is 29.3 Å². The van der Waals surface area contributed by atoms with Gasteiger partial charge in [0.25, 0.3) is 0 Å². The Morgan fingerprint density at radius 2 is 1.89 bits per heavy atom. The van der Waals surface area contributed by atoms with Gasteiger partial charge < -0.3 is 5.11 Å². The number of carboxylic acid groups (broad SMARTS) is 1. The van der Waals surface area contributed by atoms with Crippen molar-refractivity contribution in [3.63, 3.8) is 0 Å². The number of aliphatic carboxylic acids is 1. The van der Waals surface area contributed by atoms with Gasteiger partial charge in [0.05, 0.1) is 6.42 Å². The summed E-state index contributed by atoms with van der Waals surface area (Å²) in [5.74, 6) is -0.0291. The van der Waals surface area contributed by atoms with E-state index < -0.39 is 5.97 Å².